The maximum Gasteiger partial charge on any atom is 0.332 e. The second-order valence-corrected chi connectivity index (χ2v) is 13.9. The van der Waals surface area contributed by atoms with Gasteiger partial charge in [0, 0.05) is 16.6 Å². The van der Waals surface area contributed by atoms with Crippen molar-refractivity contribution in [1.82, 2.24) is 18.8 Å². The van der Waals surface area contributed by atoms with E-state index in [9.17, 15) is 18.0 Å². The number of rotatable bonds is 7. The predicted octanol–water partition coefficient (Wildman–Crippen LogP) is 2.95. The number of nitrogens with zero attached hydrogens (tertiary/aromatic N) is 3. The van der Waals surface area contributed by atoms with E-state index >= 15 is 0 Å². The first-order chi connectivity index (χ1) is 17.1. The highest BCUT2D eigenvalue weighted by atomic mass is 32.2. The Morgan fingerprint density at radius 3 is 2.58 bits per heavy atom. The first kappa shape index (κ1) is 23.7. The van der Waals surface area contributed by atoms with Crippen molar-refractivity contribution in [3.05, 3.63) is 77.9 Å². The van der Waals surface area contributed by atoms with Crippen LogP contribution in [-0.2, 0) is 41.1 Å². The van der Waals surface area contributed by atoms with Crippen molar-refractivity contribution in [2.75, 3.05) is 0 Å². The van der Waals surface area contributed by atoms with Gasteiger partial charge in [-0.25, -0.2) is 22.9 Å². The van der Waals surface area contributed by atoms with E-state index in [4.69, 9.17) is 4.74 Å². The summed E-state index contributed by atoms with van der Waals surface area (Å²) in [5.41, 5.74) is 1.62. The Balaban J connectivity index is 1.51. The standard InChI is InChI=1S/C24H24N4O5S3/c1-14-25-9-18(34-14)11-27-21(29)19-8-20(36(31,32)26-24(2)5-6-24)35-22(19)28(23(27)30)10-15-3-4-16-12-33-13-17(16)7-15/h3-4,7-9,26H,5-6,10-13H2,1-2H3. The van der Waals surface area contributed by atoms with E-state index in [0.29, 0.717) is 18.0 Å². The van der Waals surface area contributed by atoms with E-state index in [-0.39, 0.29) is 22.7 Å². The summed E-state index contributed by atoms with van der Waals surface area (Å²) in [5.74, 6) is 0. The molecule has 0 saturated heterocycles. The Bertz CT molecular complexity index is 1740. The smallest absolute Gasteiger partial charge is 0.332 e. The van der Waals surface area contributed by atoms with Gasteiger partial charge in [-0.3, -0.25) is 13.9 Å². The maximum atomic E-state index is 13.7. The van der Waals surface area contributed by atoms with Gasteiger partial charge in [-0.05, 0) is 49.4 Å². The van der Waals surface area contributed by atoms with Crippen LogP contribution in [0.15, 0.2) is 44.3 Å². The molecule has 6 rings (SSSR count). The molecule has 3 aromatic heterocycles. The molecular formula is C24H24N4O5S3. The van der Waals surface area contributed by atoms with Crippen molar-refractivity contribution in [1.29, 1.82) is 0 Å². The molecule has 0 radical (unpaired) electrons. The van der Waals surface area contributed by atoms with Crippen LogP contribution in [-0.4, -0.2) is 28.1 Å². The Morgan fingerprint density at radius 1 is 1.08 bits per heavy atom. The van der Waals surface area contributed by atoms with E-state index < -0.39 is 26.8 Å². The SMILES string of the molecule is Cc1ncc(Cn2c(=O)c3cc(S(=O)(=O)NC4(C)CC4)sc3n(Cc3ccc4c(c3)COC4)c2=O)s1. The third kappa shape index (κ3) is 4.26. The molecule has 1 N–H and O–H groups in total. The zero-order valence-electron chi connectivity index (χ0n) is 19.7. The molecule has 0 atom stereocenters. The molecule has 2 aliphatic rings. The van der Waals surface area contributed by atoms with Gasteiger partial charge < -0.3 is 4.74 Å². The Morgan fingerprint density at radius 2 is 1.86 bits per heavy atom. The summed E-state index contributed by atoms with van der Waals surface area (Å²) < 4.78 is 37.2. The summed E-state index contributed by atoms with van der Waals surface area (Å²) in [4.78, 5) is 32.5. The summed E-state index contributed by atoms with van der Waals surface area (Å²) in [6.07, 6.45) is 3.20. The lowest BCUT2D eigenvalue weighted by Gasteiger charge is -2.12. The molecular weight excluding hydrogens is 520 g/mol. The third-order valence-corrected chi connectivity index (χ3v) is 10.8. The van der Waals surface area contributed by atoms with Crippen LogP contribution in [0.1, 0.15) is 46.3 Å². The van der Waals surface area contributed by atoms with Crippen LogP contribution in [0.3, 0.4) is 0 Å². The highest BCUT2D eigenvalue weighted by Gasteiger charge is 2.41. The first-order valence-corrected chi connectivity index (χ1v) is 14.6. The number of hydrogen-bond donors (Lipinski definition) is 1. The Labute approximate surface area is 215 Å². The van der Waals surface area contributed by atoms with Gasteiger partial charge in [-0.2, -0.15) is 0 Å². The van der Waals surface area contributed by atoms with Gasteiger partial charge in [0.2, 0.25) is 0 Å². The molecule has 12 heteroatoms. The fourth-order valence-corrected chi connectivity index (χ4v) is 8.08. The minimum Gasteiger partial charge on any atom is -0.372 e. The first-order valence-electron chi connectivity index (χ1n) is 11.5. The van der Waals surface area contributed by atoms with Crippen LogP contribution in [0.25, 0.3) is 10.2 Å². The molecule has 1 aliphatic heterocycles. The second kappa shape index (κ2) is 8.45. The molecule has 4 aromatic rings. The molecule has 0 amide bonds. The van der Waals surface area contributed by atoms with Crippen molar-refractivity contribution in [2.45, 2.75) is 62.7 Å². The average molecular weight is 545 g/mol. The summed E-state index contributed by atoms with van der Waals surface area (Å²) in [6.45, 7) is 5.08. The summed E-state index contributed by atoms with van der Waals surface area (Å²) in [5, 5.41) is 1.05. The zero-order chi connectivity index (χ0) is 25.2. The lowest BCUT2D eigenvalue weighted by atomic mass is 10.1. The van der Waals surface area contributed by atoms with Gasteiger partial charge in [-0.15, -0.1) is 22.7 Å². The highest BCUT2D eigenvalue weighted by Crippen LogP contribution is 2.37. The van der Waals surface area contributed by atoms with Crippen LogP contribution < -0.4 is 16.0 Å². The van der Waals surface area contributed by atoms with Crippen LogP contribution in [0.5, 0.6) is 0 Å². The fraction of sp³-hybridized carbons (Fsp3) is 0.375. The molecule has 188 valence electrons. The van der Waals surface area contributed by atoms with Gasteiger partial charge >= 0.3 is 5.69 Å². The summed E-state index contributed by atoms with van der Waals surface area (Å²) >= 11 is 2.37. The Kier molecular flexibility index (Phi) is 5.57. The van der Waals surface area contributed by atoms with Gasteiger partial charge in [0.25, 0.3) is 15.6 Å². The maximum absolute atomic E-state index is 13.7. The largest absolute Gasteiger partial charge is 0.372 e. The number of benzene rings is 1. The van der Waals surface area contributed by atoms with E-state index in [0.717, 1.165) is 50.8 Å². The lowest BCUT2D eigenvalue weighted by molar-refractivity contribution is 0.134. The predicted molar refractivity (Wildman–Crippen MR) is 138 cm³/mol. The van der Waals surface area contributed by atoms with Gasteiger partial charge in [-0.1, -0.05) is 18.2 Å². The minimum absolute atomic E-state index is 0.0320. The van der Waals surface area contributed by atoms with Gasteiger partial charge in [0.15, 0.2) is 0 Å². The number of thiazole rings is 1. The van der Waals surface area contributed by atoms with E-state index in [1.807, 2.05) is 32.0 Å². The Hall–Kier alpha value is -2.64. The highest BCUT2D eigenvalue weighted by molar-refractivity contribution is 7.91. The van der Waals surface area contributed by atoms with E-state index in [1.54, 1.807) is 6.20 Å². The number of thiophene rings is 1. The lowest BCUT2D eigenvalue weighted by Crippen LogP contribution is -2.40. The van der Waals surface area contributed by atoms with Crippen molar-refractivity contribution in [3.63, 3.8) is 0 Å². The molecule has 1 fully saturated rings. The van der Waals surface area contributed by atoms with Crippen LogP contribution >= 0.6 is 22.7 Å². The number of ether oxygens (including phenoxy) is 1. The molecule has 1 aliphatic carbocycles. The normalized spacial score (nSPS) is 16.5. The van der Waals surface area contributed by atoms with Crippen molar-refractivity contribution in [2.24, 2.45) is 0 Å². The second-order valence-electron chi connectivity index (χ2n) is 9.65. The monoisotopic (exact) mass is 544 g/mol. The molecule has 0 unspecified atom stereocenters. The topological polar surface area (TPSA) is 112 Å². The van der Waals surface area contributed by atoms with Gasteiger partial charge in [0.1, 0.15) is 9.04 Å². The summed E-state index contributed by atoms with van der Waals surface area (Å²) in [7, 11) is -3.83. The van der Waals surface area contributed by atoms with Crippen LogP contribution in [0, 0.1) is 6.92 Å². The molecule has 0 spiro atoms. The number of sulfonamides is 1. The minimum atomic E-state index is -3.83. The zero-order valence-corrected chi connectivity index (χ0v) is 22.2. The molecule has 36 heavy (non-hydrogen) atoms. The molecule has 4 heterocycles. The number of nitrogens with one attached hydrogen (secondary N) is 1. The van der Waals surface area contributed by atoms with Gasteiger partial charge in [0.05, 0.1) is 36.7 Å². The third-order valence-electron chi connectivity index (χ3n) is 6.63. The number of aryl methyl sites for hydroxylation is 1. The number of hydrogen-bond acceptors (Lipinski definition) is 8. The van der Waals surface area contributed by atoms with Crippen molar-refractivity contribution >= 4 is 42.9 Å². The van der Waals surface area contributed by atoms with Crippen molar-refractivity contribution in [3.8, 4) is 0 Å². The number of fused-ring (bicyclic) bond motifs is 2. The molecule has 1 aromatic carbocycles. The number of aromatic nitrogens is 3. The molecule has 9 nitrogen and oxygen atoms in total. The van der Waals surface area contributed by atoms with E-state index in [1.165, 1.54) is 26.5 Å². The van der Waals surface area contributed by atoms with Crippen molar-refractivity contribution < 1.29 is 13.2 Å². The fourth-order valence-electron chi connectivity index (χ4n) is 4.39. The quantitative estimate of drug-likeness (QED) is 0.383. The molecule has 1 saturated carbocycles. The van der Waals surface area contributed by atoms with Crippen LogP contribution in [0.2, 0.25) is 0 Å². The average Bonchev–Trinajstić information content (AvgIpc) is 3.25. The van der Waals surface area contributed by atoms with Crippen LogP contribution in [0.4, 0.5) is 0 Å². The van der Waals surface area contributed by atoms with E-state index in [2.05, 4.69) is 9.71 Å². The molecule has 0 bridgehead atoms. The summed E-state index contributed by atoms with van der Waals surface area (Å²) in [6, 6.07) is 7.33.